The largest absolute Gasteiger partial charge is 0.350 e. The van der Waals surface area contributed by atoms with Gasteiger partial charge in [0.05, 0.1) is 0 Å². The van der Waals surface area contributed by atoms with Crippen LogP contribution in [0, 0.1) is 5.41 Å². The van der Waals surface area contributed by atoms with Crippen LogP contribution in [-0.2, 0) is 6.54 Å². The van der Waals surface area contributed by atoms with Gasteiger partial charge in [-0.2, -0.15) is 0 Å². The molecular weight excluding hydrogens is 246 g/mol. The predicted octanol–water partition coefficient (Wildman–Crippen LogP) is 2.30. The number of aromatic nitrogens is 1. The van der Waals surface area contributed by atoms with E-state index in [-0.39, 0.29) is 5.91 Å². The van der Waals surface area contributed by atoms with E-state index in [0.29, 0.717) is 17.7 Å². The molecule has 0 spiro atoms. The summed E-state index contributed by atoms with van der Waals surface area (Å²) in [4.78, 5) is 16.2. The Labute approximate surface area is 112 Å². The maximum atomic E-state index is 12.0. The van der Waals surface area contributed by atoms with Crippen molar-refractivity contribution in [3.63, 3.8) is 0 Å². The van der Waals surface area contributed by atoms with E-state index in [4.69, 9.17) is 5.73 Å². The molecule has 3 N–H and O–H groups in total. The first kappa shape index (κ1) is 13.5. The molecular formula is C13H21N3OS. The third-order valence-corrected chi connectivity index (χ3v) is 4.65. The lowest BCUT2D eigenvalue weighted by Gasteiger charge is -2.42. The maximum absolute atomic E-state index is 12.0. The fraction of sp³-hybridized carbons (Fsp3) is 0.692. The number of nitrogens with zero attached hydrogens (tertiary/aromatic N) is 1. The molecule has 0 bridgehead atoms. The molecule has 1 fully saturated rings. The fourth-order valence-electron chi connectivity index (χ4n) is 2.59. The minimum absolute atomic E-state index is 0.0617. The Balaban J connectivity index is 1.87. The fourth-order valence-corrected chi connectivity index (χ4v) is 3.24. The SMILES string of the molecule is CCCC1(CNC(=O)c2csc(CN)n2)CCC1. The summed E-state index contributed by atoms with van der Waals surface area (Å²) in [5, 5.41) is 5.62. The van der Waals surface area contributed by atoms with Gasteiger partial charge in [0.25, 0.3) is 5.91 Å². The van der Waals surface area contributed by atoms with Gasteiger partial charge in [-0.15, -0.1) is 11.3 Å². The topological polar surface area (TPSA) is 68.0 Å². The molecule has 0 saturated heterocycles. The Kier molecular flexibility index (Phi) is 4.35. The Bertz CT molecular complexity index is 412. The molecule has 0 radical (unpaired) electrons. The van der Waals surface area contributed by atoms with E-state index < -0.39 is 0 Å². The molecule has 1 aliphatic carbocycles. The van der Waals surface area contributed by atoms with Crippen LogP contribution in [0.25, 0.3) is 0 Å². The zero-order valence-corrected chi connectivity index (χ0v) is 11.7. The summed E-state index contributed by atoms with van der Waals surface area (Å²) in [6.07, 6.45) is 6.17. The first-order valence-corrected chi connectivity index (χ1v) is 7.50. The molecule has 18 heavy (non-hydrogen) atoms. The molecule has 4 nitrogen and oxygen atoms in total. The van der Waals surface area contributed by atoms with Gasteiger partial charge in [-0.3, -0.25) is 4.79 Å². The second kappa shape index (κ2) is 5.80. The van der Waals surface area contributed by atoms with Crippen LogP contribution in [0.4, 0.5) is 0 Å². The summed E-state index contributed by atoms with van der Waals surface area (Å²) in [6, 6.07) is 0. The Morgan fingerprint density at radius 3 is 2.89 bits per heavy atom. The van der Waals surface area contributed by atoms with Crippen LogP contribution in [0.2, 0.25) is 0 Å². The molecule has 1 heterocycles. The number of thiazole rings is 1. The number of nitrogens with two attached hydrogens (primary N) is 1. The molecule has 5 heteroatoms. The monoisotopic (exact) mass is 267 g/mol. The Morgan fingerprint density at radius 2 is 2.39 bits per heavy atom. The second-order valence-electron chi connectivity index (χ2n) is 5.12. The van der Waals surface area contributed by atoms with Crippen molar-refractivity contribution >= 4 is 17.2 Å². The number of hydrogen-bond acceptors (Lipinski definition) is 4. The van der Waals surface area contributed by atoms with E-state index in [1.807, 2.05) is 0 Å². The highest BCUT2D eigenvalue weighted by molar-refractivity contribution is 7.09. The lowest BCUT2D eigenvalue weighted by Crippen LogP contribution is -2.42. The van der Waals surface area contributed by atoms with Gasteiger partial charge >= 0.3 is 0 Å². The predicted molar refractivity (Wildman–Crippen MR) is 73.5 cm³/mol. The number of amides is 1. The molecule has 2 rings (SSSR count). The average molecular weight is 267 g/mol. The number of rotatable bonds is 6. The van der Waals surface area contributed by atoms with Crippen molar-refractivity contribution in [1.82, 2.24) is 10.3 Å². The van der Waals surface area contributed by atoms with Gasteiger partial charge in [0.1, 0.15) is 10.7 Å². The first-order chi connectivity index (χ1) is 8.69. The Hall–Kier alpha value is -0.940. The molecule has 0 aromatic carbocycles. The van der Waals surface area contributed by atoms with E-state index in [2.05, 4.69) is 17.2 Å². The molecule has 0 aliphatic heterocycles. The summed E-state index contributed by atoms with van der Waals surface area (Å²) in [5.74, 6) is -0.0617. The zero-order valence-electron chi connectivity index (χ0n) is 10.9. The van der Waals surface area contributed by atoms with E-state index in [9.17, 15) is 4.79 Å². The summed E-state index contributed by atoms with van der Waals surface area (Å²) in [7, 11) is 0. The molecule has 1 aromatic rings. The van der Waals surface area contributed by atoms with Gasteiger partial charge in [-0.05, 0) is 24.7 Å². The van der Waals surface area contributed by atoms with Gasteiger partial charge in [0.15, 0.2) is 0 Å². The first-order valence-electron chi connectivity index (χ1n) is 6.62. The smallest absolute Gasteiger partial charge is 0.270 e. The van der Waals surface area contributed by atoms with Gasteiger partial charge in [-0.25, -0.2) is 4.98 Å². The molecule has 100 valence electrons. The highest BCUT2D eigenvalue weighted by Gasteiger charge is 2.36. The van der Waals surface area contributed by atoms with Crippen molar-refractivity contribution in [2.75, 3.05) is 6.54 Å². The summed E-state index contributed by atoms with van der Waals surface area (Å²) in [6.45, 7) is 3.39. The van der Waals surface area contributed by atoms with E-state index >= 15 is 0 Å². The third kappa shape index (κ3) is 2.90. The van der Waals surface area contributed by atoms with Crippen molar-refractivity contribution in [3.8, 4) is 0 Å². The molecule has 1 saturated carbocycles. The Morgan fingerprint density at radius 1 is 1.61 bits per heavy atom. The van der Waals surface area contributed by atoms with Gasteiger partial charge < -0.3 is 11.1 Å². The lowest BCUT2D eigenvalue weighted by atomic mass is 9.66. The number of carbonyl (C=O) groups is 1. The van der Waals surface area contributed by atoms with E-state index in [0.717, 1.165) is 11.6 Å². The standard InChI is InChI=1S/C13H21N3OS/c1-2-4-13(5-3-6-13)9-15-12(17)10-8-18-11(7-14)16-10/h8H,2-7,9,14H2,1H3,(H,15,17). The zero-order chi connectivity index (χ0) is 13.0. The summed E-state index contributed by atoms with van der Waals surface area (Å²) in [5.41, 5.74) is 6.36. The van der Waals surface area contributed by atoms with Crippen molar-refractivity contribution in [2.24, 2.45) is 11.1 Å². The number of hydrogen-bond donors (Lipinski definition) is 2. The van der Waals surface area contributed by atoms with Gasteiger partial charge in [0.2, 0.25) is 0 Å². The van der Waals surface area contributed by atoms with E-state index in [1.165, 1.54) is 43.4 Å². The normalized spacial score (nSPS) is 17.2. The highest BCUT2D eigenvalue weighted by atomic mass is 32.1. The summed E-state index contributed by atoms with van der Waals surface area (Å²) >= 11 is 1.44. The highest BCUT2D eigenvalue weighted by Crippen LogP contribution is 2.44. The molecule has 1 aromatic heterocycles. The minimum atomic E-state index is -0.0617. The molecule has 0 atom stereocenters. The van der Waals surface area contributed by atoms with Crippen molar-refractivity contribution in [1.29, 1.82) is 0 Å². The minimum Gasteiger partial charge on any atom is -0.350 e. The molecule has 0 unspecified atom stereocenters. The van der Waals surface area contributed by atoms with Crippen LogP contribution in [-0.4, -0.2) is 17.4 Å². The van der Waals surface area contributed by atoms with E-state index in [1.54, 1.807) is 5.38 Å². The van der Waals surface area contributed by atoms with Crippen molar-refractivity contribution in [2.45, 2.75) is 45.6 Å². The average Bonchev–Trinajstić information content (AvgIpc) is 2.80. The van der Waals surface area contributed by atoms with Crippen LogP contribution < -0.4 is 11.1 Å². The van der Waals surface area contributed by atoms with Gasteiger partial charge in [-0.1, -0.05) is 19.8 Å². The van der Waals surface area contributed by atoms with Crippen LogP contribution >= 0.6 is 11.3 Å². The lowest BCUT2D eigenvalue weighted by molar-refractivity contribution is 0.0828. The van der Waals surface area contributed by atoms with Crippen LogP contribution in [0.15, 0.2) is 5.38 Å². The summed E-state index contributed by atoms with van der Waals surface area (Å²) < 4.78 is 0. The van der Waals surface area contributed by atoms with Crippen LogP contribution in [0.5, 0.6) is 0 Å². The maximum Gasteiger partial charge on any atom is 0.270 e. The molecule has 1 amide bonds. The third-order valence-electron chi connectivity index (χ3n) is 3.78. The number of carbonyl (C=O) groups excluding carboxylic acids is 1. The second-order valence-corrected chi connectivity index (χ2v) is 6.06. The van der Waals surface area contributed by atoms with Crippen molar-refractivity contribution in [3.05, 3.63) is 16.1 Å². The molecule has 1 aliphatic rings. The number of nitrogens with one attached hydrogen (secondary N) is 1. The van der Waals surface area contributed by atoms with Gasteiger partial charge in [0, 0.05) is 18.5 Å². The van der Waals surface area contributed by atoms with Crippen LogP contribution in [0.1, 0.15) is 54.5 Å². The van der Waals surface area contributed by atoms with Crippen molar-refractivity contribution < 1.29 is 4.79 Å². The quantitative estimate of drug-likeness (QED) is 0.831. The van der Waals surface area contributed by atoms with Crippen LogP contribution in [0.3, 0.4) is 0 Å².